The molecule has 0 unspecified atom stereocenters. The number of nitrogens with zero attached hydrogens (tertiary/aromatic N) is 5. The molecule has 4 aromatic rings. The molecule has 2 aromatic carbocycles. The zero-order valence-electron chi connectivity index (χ0n) is 23.9. The summed E-state index contributed by atoms with van der Waals surface area (Å²) >= 11 is 6.57. The number of ether oxygens (including phenoxy) is 1. The number of aromatic nitrogens is 3. The molecule has 0 aliphatic carbocycles. The van der Waals surface area contributed by atoms with E-state index in [2.05, 4.69) is 32.0 Å². The molecule has 4 fully saturated rings. The third-order valence-electron chi connectivity index (χ3n) is 9.92. The van der Waals surface area contributed by atoms with Crippen molar-refractivity contribution < 1.29 is 18.6 Å². The molecule has 0 amide bonds. The fourth-order valence-corrected chi connectivity index (χ4v) is 8.30. The van der Waals surface area contributed by atoms with E-state index in [4.69, 9.17) is 21.3 Å². The highest BCUT2D eigenvalue weighted by Crippen LogP contribution is 2.42. The first-order valence-electron chi connectivity index (χ1n) is 15.0. The molecule has 11 heteroatoms. The number of benzene rings is 2. The van der Waals surface area contributed by atoms with Crippen LogP contribution in [0, 0.1) is 5.82 Å². The van der Waals surface area contributed by atoms with Crippen molar-refractivity contribution in [2.24, 2.45) is 0 Å². The lowest BCUT2D eigenvalue weighted by Crippen LogP contribution is -2.58. The van der Waals surface area contributed by atoms with E-state index in [1.807, 2.05) is 6.07 Å². The first-order valence-corrected chi connectivity index (χ1v) is 15.4. The van der Waals surface area contributed by atoms with Crippen molar-refractivity contribution in [2.75, 3.05) is 37.7 Å². The molecule has 2 bridgehead atoms. The summed E-state index contributed by atoms with van der Waals surface area (Å²) in [5, 5.41) is 16.4. The number of fused-ring (bicyclic) bond motifs is 5. The van der Waals surface area contributed by atoms with Gasteiger partial charge in [-0.2, -0.15) is 9.97 Å². The van der Waals surface area contributed by atoms with Crippen LogP contribution in [0.15, 0.2) is 36.5 Å². The number of anilines is 1. The Morgan fingerprint density at radius 1 is 1.21 bits per heavy atom. The maximum absolute atomic E-state index is 16.7. The number of hydrogen-bond donors (Lipinski definition) is 2. The second-order valence-electron chi connectivity index (χ2n) is 13.0. The summed E-state index contributed by atoms with van der Waals surface area (Å²) in [6, 6.07) is 8.75. The van der Waals surface area contributed by atoms with E-state index in [0.717, 1.165) is 38.8 Å². The largest absolute Gasteiger partial charge is 0.508 e. The number of piperazine rings is 1. The third-order valence-corrected chi connectivity index (χ3v) is 10.2. The van der Waals surface area contributed by atoms with Gasteiger partial charge in [0.1, 0.15) is 35.6 Å². The SMILES string of the molecule is C[C@]12CC[C@H](CN(c3nc(OC[C@]45CCCN4C[C@@H](F)C5)nc4c(F)c(-c5cc(O)cc6cccc(Cl)c56)ncc34)C1)N2. The lowest BCUT2D eigenvalue weighted by molar-refractivity contribution is 0.107. The number of phenolic OH excluding ortho intramolecular Hbond substituents is 1. The number of rotatable bonds is 5. The number of phenols is 1. The average Bonchev–Trinajstić information content (AvgIpc) is 3.59. The number of hydrogen-bond acceptors (Lipinski definition) is 8. The number of alkyl halides is 1. The highest BCUT2D eigenvalue weighted by atomic mass is 35.5. The van der Waals surface area contributed by atoms with Crippen LogP contribution in [0.5, 0.6) is 11.8 Å². The highest BCUT2D eigenvalue weighted by Gasteiger charge is 2.49. The first-order chi connectivity index (χ1) is 20.7. The fourth-order valence-electron chi connectivity index (χ4n) is 8.02. The van der Waals surface area contributed by atoms with Crippen molar-refractivity contribution in [3.05, 3.63) is 47.4 Å². The molecule has 224 valence electrons. The van der Waals surface area contributed by atoms with Gasteiger partial charge in [0.15, 0.2) is 5.82 Å². The molecule has 8 nitrogen and oxygen atoms in total. The van der Waals surface area contributed by atoms with E-state index in [0.29, 0.717) is 58.1 Å². The Balaban J connectivity index is 1.26. The van der Waals surface area contributed by atoms with Gasteiger partial charge in [-0.1, -0.05) is 23.7 Å². The molecule has 4 aliphatic rings. The lowest BCUT2D eigenvalue weighted by atomic mass is 9.95. The highest BCUT2D eigenvalue weighted by molar-refractivity contribution is 6.36. The lowest BCUT2D eigenvalue weighted by Gasteiger charge is -2.40. The predicted octanol–water partition coefficient (Wildman–Crippen LogP) is 5.63. The number of pyridine rings is 1. The second kappa shape index (κ2) is 9.84. The Labute approximate surface area is 253 Å². The van der Waals surface area contributed by atoms with E-state index in [1.54, 1.807) is 24.4 Å². The normalized spacial score (nSPS) is 28.7. The summed E-state index contributed by atoms with van der Waals surface area (Å²) in [7, 11) is 0. The van der Waals surface area contributed by atoms with Gasteiger partial charge >= 0.3 is 6.01 Å². The molecule has 43 heavy (non-hydrogen) atoms. The van der Waals surface area contributed by atoms with Gasteiger partial charge in [-0.3, -0.25) is 9.88 Å². The van der Waals surface area contributed by atoms with Crippen LogP contribution in [-0.4, -0.2) is 81.0 Å². The summed E-state index contributed by atoms with van der Waals surface area (Å²) in [5.41, 5.74) is 0.0174. The van der Waals surface area contributed by atoms with Crippen molar-refractivity contribution >= 4 is 39.1 Å². The zero-order valence-corrected chi connectivity index (χ0v) is 24.7. The van der Waals surface area contributed by atoms with Gasteiger partial charge in [0, 0.05) is 59.8 Å². The first kappa shape index (κ1) is 27.2. The second-order valence-corrected chi connectivity index (χ2v) is 13.4. The minimum atomic E-state index is -0.885. The maximum atomic E-state index is 16.7. The topological polar surface area (TPSA) is 86.6 Å². The van der Waals surface area contributed by atoms with Crippen LogP contribution in [0.25, 0.3) is 32.9 Å². The van der Waals surface area contributed by atoms with Gasteiger partial charge in [-0.25, -0.2) is 8.78 Å². The molecule has 2 aromatic heterocycles. The van der Waals surface area contributed by atoms with E-state index in [1.165, 1.54) is 6.07 Å². The predicted molar refractivity (Wildman–Crippen MR) is 162 cm³/mol. The minimum Gasteiger partial charge on any atom is -0.508 e. The van der Waals surface area contributed by atoms with Gasteiger partial charge < -0.3 is 20.1 Å². The zero-order chi connectivity index (χ0) is 29.5. The Morgan fingerprint density at radius 3 is 2.95 bits per heavy atom. The van der Waals surface area contributed by atoms with Crippen molar-refractivity contribution in [1.82, 2.24) is 25.2 Å². The van der Waals surface area contributed by atoms with Crippen LogP contribution < -0.4 is 15.0 Å². The molecule has 4 aliphatic heterocycles. The van der Waals surface area contributed by atoms with Crippen LogP contribution in [0.4, 0.5) is 14.6 Å². The molecular weight excluding hydrogens is 574 g/mol. The fraction of sp³-hybridized carbons (Fsp3) is 0.469. The molecule has 6 heterocycles. The Morgan fingerprint density at radius 2 is 2.09 bits per heavy atom. The molecule has 2 N–H and O–H groups in total. The van der Waals surface area contributed by atoms with E-state index >= 15 is 4.39 Å². The van der Waals surface area contributed by atoms with Gasteiger partial charge in [0.05, 0.1) is 10.9 Å². The average molecular weight is 607 g/mol. The standard InChI is InChI=1S/C32H33ClF2N6O2/c1-31-8-6-20(39-31)15-40(16-31)29-23-13-36-27(22-11-21(42)10-18-4-2-5-24(33)25(18)22)26(35)28(23)37-30(38-29)43-17-32-7-3-9-41(32)14-19(34)12-32/h2,4-5,10-11,13,19-20,39,42H,3,6-9,12,14-17H2,1H3/t19-,20+,31-,32+/m0/s1. The number of aromatic hydroxyl groups is 1. The molecule has 4 atom stereocenters. The summed E-state index contributed by atoms with van der Waals surface area (Å²) in [6.07, 6.45) is 5.08. The molecular formula is C32H33ClF2N6O2. The smallest absolute Gasteiger partial charge is 0.319 e. The van der Waals surface area contributed by atoms with Crippen molar-refractivity contribution in [3.63, 3.8) is 0 Å². The van der Waals surface area contributed by atoms with Crippen LogP contribution >= 0.6 is 11.6 Å². The molecule has 8 rings (SSSR count). The van der Waals surface area contributed by atoms with Gasteiger partial charge in [0.25, 0.3) is 0 Å². The third kappa shape index (κ3) is 4.48. The van der Waals surface area contributed by atoms with Crippen LogP contribution in [0.1, 0.15) is 39.0 Å². The maximum Gasteiger partial charge on any atom is 0.319 e. The van der Waals surface area contributed by atoms with E-state index in [-0.39, 0.29) is 35.1 Å². The van der Waals surface area contributed by atoms with Crippen molar-refractivity contribution in [3.8, 4) is 23.0 Å². The summed E-state index contributed by atoms with van der Waals surface area (Å²) in [5.74, 6) is -0.0921. The Hall–Kier alpha value is -3.34. The van der Waals surface area contributed by atoms with Crippen LogP contribution in [0.2, 0.25) is 5.02 Å². The molecule has 4 saturated heterocycles. The quantitative estimate of drug-likeness (QED) is 0.302. The number of nitrogens with one attached hydrogen (secondary N) is 1. The Kier molecular flexibility index (Phi) is 6.23. The summed E-state index contributed by atoms with van der Waals surface area (Å²) in [4.78, 5) is 18.4. The Bertz CT molecular complexity index is 1780. The number of halogens is 3. The van der Waals surface area contributed by atoms with Crippen LogP contribution in [-0.2, 0) is 0 Å². The summed E-state index contributed by atoms with van der Waals surface area (Å²) < 4.78 is 37.4. The summed E-state index contributed by atoms with van der Waals surface area (Å²) in [6.45, 7) is 5.13. The monoisotopic (exact) mass is 606 g/mol. The van der Waals surface area contributed by atoms with E-state index < -0.39 is 17.5 Å². The molecule has 0 radical (unpaired) electrons. The van der Waals surface area contributed by atoms with Gasteiger partial charge in [0.2, 0.25) is 0 Å². The molecule has 0 saturated carbocycles. The van der Waals surface area contributed by atoms with E-state index in [9.17, 15) is 9.50 Å². The van der Waals surface area contributed by atoms with Crippen molar-refractivity contribution in [2.45, 2.75) is 62.3 Å². The van der Waals surface area contributed by atoms with Gasteiger partial charge in [-0.05, 0) is 62.7 Å². The van der Waals surface area contributed by atoms with Crippen molar-refractivity contribution in [1.29, 1.82) is 0 Å². The van der Waals surface area contributed by atoms with Crippen LogP contribution in [0.3, 0.4) is 0 Å². The minimum absolute atomic E-state index is 0.0221. The van der Waals surface area contributed by atoms with Gasteiger partial charge in [-0.15, -0.1) is 0 Å². The molecule has 0 spiro atoms.